The number of nitrogens with two attached hydrogens (primary N) is 1. The Labute approximate surface area is 106 Å². The van der Waals surface area contributed by atoms with E-state index in [1.54, 1.807) is 6.07 Å². The van der Waals surface area contributed by atoms with E-state index in [0.29, 0.717) is 6.54 Å². The predicted molar refractivity (Wildman–Crippen MR) is 68.9 cm³/mol. The first-order valence-corrected chi connectivity index (χ1v) is 6.31. The summed E-state index contributed by atoms with van der Waals surface area (Å²) in [5.74, 6) is 0.544. The van der Waals surface area contributed by atoms with Crippen LogP contribution in [-0.4, -0.2) is 36.7 Å². The van der Waals surface area contributed by atoms with Gasteiger partial charge in [0.2, 0.25) is 0 Å². The van der Waals surface area contributed by atoms with Crippen LogP contribution in [0.4, 0.5) is 4.39 Å². The van der Waals surface area contributed by atoms with Gasteiger partial charge in [-0.15, -0.1) is 0 Å². The number of nitrogens with zero attached hydrogens (tertiary/aromatic N) is 1. The molecular weight excluding hydrogens is 231 g/mol. The van der Waals surface area contributed by atoms with Gasteiger partial charge in [0.15, 0.2) is 0 Å². The van der Waals surface area contributed by atoms with Crippen LogP contribution in [0.5, 0.6) is 5.75 Å². The molecule has 1 spiro atoms. The SMILES string of the molecule is NCCN1CCC2(C=Cc3cc(F)ccc3O2)C1. The number of hydrogen-bond donors (Lipinski definition) is 1. The average Bonchev–Trinajstić information content (AvgIpc) is 2.74. The highest BCUT2D eigenvalue weighted by molar-refractivity contribution is 5.61. The fraction of sp³-hybridized carbons (Fsp3) is 0.429. The third kappa shape index (κ3) is 2.02. The Hall–Kier alpha value is -1.39. The molecule has 2 N–H and O–H groups in total. The minimum atomic E-state index is -0.250. The van der Waals surface area contributed by atoms with E-state index in [0.717, 1.165) is 37.4 Å². The Kier molecular flexibility index (Phi) is 2.84. The topological polar surface area (TPSA) is 38.5 Å². The highest BCUT2D eigenvalue weighted by Crippen LogP contribution is 2.36. The molecule has 0 aromatic heterocycles. The van der Waals surface area contributed by atoms with E-state index in [2.05, 4.69) is 11.0 Å². The second-order valence-corrected chi connectivity index (χ2v) is 5.00. The third-order valence-corrected chi connectivity index (χ3v) is 3.64. The van der Waals surface area contributed by atoms with Gasteiger partial charge < -0.3 is 10.5 Å². The van der Waals surface area contributed by atoms with Crippen LogP contribution in [0, 0.1) is 5.82 Å². The van der Waals surface area contributed by atoms with Crippen molar-refractivity contribution in [1.82, 2.24) is 4.90 Å². The van der Waals surface area contributed by atoms with E-state index in [1.165, 1.54) is 12.1 Å². The molecule has 1 atom stereocenters. The van der Waals surface area contributed by atoms with Gasteiger partial charge in [-0.2, -0.15) is 0 Å². The van der Waals surface area contributed by atoms with Gasteiger partial charge in [-0.05, 0) is 24.3 Å². The summed E-state index contributed by atoms with van der Waals surface area (Å²) in [7, 11) is 0. The van der Waals surface area contributed by atoms with Crippen molar-refractivity contribution in [2.45, 2.75) is 12.0 Å². The van der Waals surface area contributed by atoms with Crippen molar-refractivity contribution in [2.75, 3.05) is 26.2 Å². The minimum absolute atomic E-state index is 0.228. The summed E-state index contributed by atoms with van der Waals surface area (Å²) >= 11 is 0. The largest absolute Gasteiger partial charge is 0.481 e. The number of halogens is 1. The molecule has 0 radical (unpaired) electrons. The molecule has 1 aromatic rings. The minimum Gasteiger partial charge on any atom is -0.481 e. The first kappa shape index (κ1) is 11.7. The maximum atomic E-state index is 13.1. The second-order valence-electron chi connectivity index (χ2n) is 5.00. The summed E-state index contributed by atoms with van der Waals surface area (Å²) in [4.78, 5) is 2.30. The highest BCUT2D eigenvalue weighted by Gasteiger charge is 2.39. The summed E-state index contributed by atoms with van der Waals surface area (Å²) in [6.45, 7) is 3.42. The van der Waals surface area contributed by atoms with Gasteiger partial charge in [0, 0.05) is 38.2 Å². The third-order valence-electron chi connectivity index (χ3n) is 3.64. The van der Waals surface area contributed by atoms with Crippen molar-refractivity contribution in [1.29, 1.82) is 0 Å². The van der Waals surface area contributed by atoms with Gasteiger partial charge in [-0.25, -0.2) is 4.39 Å². The van der Waals surface area contributed by atoms with Crippen LogP contribution in [0.2, 0.25) is 0 Å². The maximum absolute atomic E-state index is 13.1. The molecular formula is C14H17FN2O. The zero-order valence-corrected chi connectivity index (χ0v) is 10.2. The summed E-state index contributed by atoms with van der Waals surface area (Å²) in [6, 6.07) is 4.66. The van der Waals surface area contributed by atoms with E-state index in [4.69, 9.17) is 10.5 Å². The second kappa shape index (κ2) is 4.37. The maximum Gasteiger partial charge on any atom is 0.141 e. The van der Waals surface area contributed by atoms with Gasteiger partial charge in [-0.3, -0.25) is 4.90 Å². The monoisotopic (exact) mass is 248 g/mol. The fourth-order valence-corrected chi connectivity index (χ4v) is 2.71. The van der Waals surface area contributed by atoms with Crippen LogP contribution in [0.3, 0.4) is 0 Å². The zero-order valence-electron chi connectivity index (χ0n) is 10.2. The number of rotatable bonds is 2. The van der Waals surface area contributed by atoms with Crippen molar-refractivity contribution in [2.24, 2.45) is 5.73 Å². The molecule has 1 unspecified atom stereocenters. The van der Waals surface area contributed by atoms with Crippen molar-refractivity contribution in [3.05, 3.63) is 35.7 Å². The molecule has 0 amide bonds. The smallest absolute Gasteiger partial charge is 0.141 e. The Balaban J connectivity index is 1.82. The molecule has 1 saturated heterocycles. The lowest BCUT2D eigenvalue weighted by Crippen LogP contribution is -2.39. The lowest BCUT2D eigenvalue weighted by Gasteiger charge is -2.31. The van der Waals surface area contributed by atoms with Crippen molar-refractivity contribution >= 4 is 6.08 Å². The summed E-state index contributed by atoms with van der Waals surface area (Å²) in [5.41, 5.74) is 6.14. The molecule has 3 nitrogen and oxygen atoms in total. The van der Waals surface area contributed by atoms with E-state index >= 15 is 0 Å². The number of fused-ring (bicyclic) bond motifs is 1. The van der Waals surface area contributed by atoms with Crippen LogP contribution in [0.15, 0.2) is 24.3 Å². The van der Waals surface area contributed by atoms with Crippen molar-refractivity contribution < 1.29 is 9.13 Å². The highest BCUT2D eigenvalue weighted by atomic mass is 19.1. The van der Waals surface area contributed by atoms with Crippen LogP contribution in [0.25, 0.3) is 6.08 Å². The number of hydrogen-bond acceptors (Lipinski definition) is 3. The van der Waals surface area contributed by atoms with Crippen LogP contribution >= 0.6 is 0 Å². The van der Waals surface area contributed by atoms with E-state index in [1.807, 2.05) is 6.08 Å². The van der Waals surface area contributed by atoms with Gasteiger partial charge in [-0.1, -0.05) is 6.08 Å². The molecule has 2 heterocycles. The number of likely N-dealkylation sites (tertiary alicyclic amines) is 1. The Morgan fingerprint density at radius 3 is 3.17 bits per heavy atom. The van der Waals surface area contributed by atoms with Crippen molar-refractivity contribution in [3.8, 4) is 5.75 Å². The van der Waals surface area contributed by atoms with Gasteiger partial charge in [0.05, 0.1) is 0 Å². The standard InChI is InChI=1S/C14H17FN2O/c15-12-1-2-13-11(9-12)3-4-14(18-13)5-7-17(10-14)8-6-16/h1-4,9H,5-8,10,16H2. The fourth-order valence-electron chi connectivity index (χ4n) is 2.71. The molecule has 3 rings (SSSR count). The summed E-state index contributed by atoms with van der Waals surface area (Å²) in [5, 5.41) is 0. The molecule has 0 bridgehead atoms. The molecule has 0 saturated carbocycles. The molecule has 1 aromatic carbocycles. The molecule has 0 aliphatic carbocycles. The molecule has 4 heteroatoms. The molecule has 96 valence electrons. The average molecular weight is 248 g/mol. The van der Waals surface area contributed by atoms with Crippen LogP contribution in [0.1, 0.15) is 12.0 Å². The lowest BCUT2D eigenvalue weighted by atomic mass is 9.97. The molecule has 1 fully saturated rings. The normalized spacial score (nSPS) is 26.3. The number of ether oxygens (including phenoxy) is 1. The van der Waals surface area contributed by atoms with Gasteiger partial charge in [0.25, 0.3) is 0 Å². The first-order chi connectivity index (χ1) is 8.71. The Morgan fingerprint density at radius 2 is 2.33 bits per heavy atom. The van der Waals surface area contributed by atoms with Crippen LogP contribution in [-0.2, 0) is 0 Å². The predicted octanol–water partition coefficient (Wildman–Crippen LogP) is 1.63. The van der Waals surface area contributed by atoms with Crippen LogP contribution < -0.4 is 10.5 Å². The van der Waals surface area contributed by atoms with Crippen molar-refractivity contribution in [3.63, 3.8) is 0 Å². The van der Waals surface area contributed by atoms with Gasteiger partial charge >= 0.3 is 0 Å². The van der Waals surface area contributed by atoms with E-state index in [-0.39, 0.29) is 11.4 Å². The number of benzene rings is 1. The zero-order chi connectivity index (χ0) is 12.6. The Morgan fingerprint density at radius 1 is 1.44 bits per heavy atom. The first-order valence-electron chi connectivity index (χ1n) is 6.31. The quantitative estimate of drug-likeness (QED) is 0.864. The molecule has 2 aliphatic heterocycles. The van der Waals surface area contributed by atoms with Gasteiger partial charge in [0.1, 0.15) is 17.2 Å². The lowest BCUT2D eigenvalue weighted by molar-refractivity contribution is 0.123. The summed E-state index contributed by atoms with van der Waals surface area (Å²) in [6.07, 6.45) is 4.99. The Bertz CT molecular complexity index is 489. The molecule has 2 aliphatic rings. The molecule has 18 heavy (non-hydrogen) atoms. The summed E-state index contributed by atoms with van der Waals surface area (Å²) < 4.78 is 19.2. The van der Waals surface area contributed by atoms with E-state index < -0.39 is 0 Å². The van der Waals surface area contributed by atoms with E-state index in [9.17, 15) is 4.39 Å².